The predicted molar refractivity (Wildman–Crippen MR) is 65.1 cm³/mol. The van der Waals surface area contributed by atoms with Gasteiger partial charge in [-0.15, -0.1) is 0 Å². The Balaban J connectivity index is 3.02. The molecule has 0 unspecified atom stereocenters. The lowest BCUT2D eigenvalue weighted by molar-refractivity contribution is -0.119. The number of hydrogen-bond acceptors (Lipinski definition) is 2. The number of ketones is 2. The molecule has 2 heteroatoms. The van der Waals surface area contributed by atoms with Gasteiger partial charge in [0.1, 0.15) is 5.78 Å². The van der Waals surface area contributed by atoms with Crippen LogP contribution in [0.3, 0.4) is 0 Å². The number of Topliss-reactive ketones (excluding diaryl/α,β-unsaturated/α-hetero) is 2. The Kier molecular flexibility index (Phi) is 4.18. The van der Waals surface area contributed by atoms with Gasteiger partial charge >= 0.3 is 0 Å². The molecule has 84 valence electrons. The molecule has 0 saturated carbocycles. The van der Waals surface area contributed by atoms with E-state index in [1.807, 2.05) is 31.2 Å². The minimum atomic E-state index is -0.0447. The van der Waals surface area contributed by atoms with Crippen LogP contribution < -0.4 is 0 Å². The van der Waals surface area contributed by atoms with Gasteiger partial charge in [0, 0.05) is 12.0 Å². The molecule has 1 rings (SSSR count). The normalized spacial score (nSPS) is 11.3. The SMILES string of the molecule is CC(=O)C/C(=C\c1cccc(C)c1)C(C)=O. The molecule has 16 heavy (non-hydrogen) atoms. The van der Waals surface area contributed by atoms with Crippen LogP contribution in [0.15, 0.2) is 29.8 Å². The van der Waals surface area contributed by atoms with E-state index in [0.29, 0.717) is 5.57 Å². The first-order chi connectivity index (χ1) is 7.49. The van der Waals surface area contributed by atoms with E-state index in [0.717, 1.165) is 11.1 Å². The van der Waals surface area contributed by atoms with Crippen LogP contribution in [0.1, 0.15) is 31.4 Å². The first kappa shape index (κ1) is 12.4. The van der Waals surface area contributed by atoms with E-state index in [9.17, 15) is 9.59 Å². The highest BCUT2D eigenvalue weighted by Gasteiger charge is 2.06. The van der Waals surface area contributed by atoms with Gasteiger partial charge in [0.25, 0.3) is 0 Å². The largest absolute Gasteiger partial charge is 0.300 e. The standard InChI is InChI=1S/C14H16O2/c1-10-5-4-6-13(7-10)9-14(12(3)16)8-11(2)15/h4-7,9H,8H2,1-3H3/b14-9+. The Morgan fingerprint density at radius 2 is 1.94 bits per heavy atom. The lowest BCUT2D eigenvalue weighted by Gasteiger charge is -2.02. The second kappa shape index (κ2) is 5.40. The molecule has 0 aliphatic rings. The van der Waals surface area contributed by atoms with Crippen LogP contribution in [-0.2, 0) is 9.59 Å². The van der Waals surface area contributed by atoms with E-state index in [1.54, 1.807) is 6.08 Å². The van der Waals surface area contributed by atoms with Gasteiger partial charge < -0.3 is 0 Å². The molecule has 2 nitrogen and oxygen atoms in total. The maximum atomic E-state index is 11.3. The van der Waals surface area contributed by atoms with Crippen molar-refractivity contribution in [3.05, 3.63) is 41.0 Å². The second-order valence-electron chi connectivity index (χ2n) is 4.02. The zero-order valence-corrected chi connectivity index (χ0v) is 9.91. The Bertz CT molecular complexity index is 442. The summed E-state index contributed by atoms with van der Waals surface area (Å²) in [6.45, 7) is 4.98. The summed E-state index contributed by atoms with van der Waals surface area (Å²) in [6.07, 6.45) is 2.00. The number of benzene rings is 1. The molecule has 0 fully saturated rings. The molecule has 1 aromatic rings. The monoisotopic (exact) mass is 216 g/mol. The quantitative estimate of drug-likeness (QED) is 0.725. The third-order valence-electron chi connectivity index (χ3n) is 2.27. The number of rotatable bonds is 4. The van der Waals surface area contributed by atoms with Crippen LogP contribution in [0.2, 0.25) is 0 Å². The van der Waals surface area contributed by atoms with E-state index >= 15 is 0 Å². The maximum absolute atomic E-state index is 11.3. The summed E-state index contributed by atoms with van der Waals surface area (Å²) in [4.78, 5) is 22.4. The van der Waals surface area contributed by atoms with Crippen molar-refractivity contribution in [3.8, 4) is 0 Å². The van der Waals surface area contributed by atoms with Crippen LogP contribution in [-0.4, -0.2) is 11.6 Å². The van der Waals surface area contributed by atoms with E-state index in [1.165, 1.54) is 13.8 Å². The van der Waals surface area contributed by atoms with Crippen LogP contribution in [0.5, 0.6) is 0 Å². The summed E-state index contributed by atoms with van der Waals surface area (Å²) in [6, 6.07) is 7.85. The van der Waals surface area contributed by atoms with E-state index in [4.69, 9.17) is 0 Å². The summed E-state index contributed by atoms with van der Waals surface area (Å²) in [7, 11) is 0. The fourth-order valence-electron chi connectivity index (χ4n) is 1.51. The van der Waals surface area contributed by atoms with E-state index < -0.39 is 0 Å². The highest BCUT2D eigenvalue weighted by molar-refractivity contribution is 6.02. The molecule has 0 aliphatic carbocycles. The second-order valence-corrected chi connectivity index (χ2v) is 4.02. The van der Waals surface area contributed by atoms with E-state index in [2.05, 4.69) is 0 Å². The number of allylic oxidation sites excluding steroid dienone is 1. The van der Waals surface area contributed by atoms with Crippen molar-refractivity contribution < 1.29 is 9.59 Å². The van der Waals surface area contributed by atoms with Gasteiger partial charge in [-0.05, 0) is 32.4 Å². The van der Waals surface area contributed by atoms with Crippen LogP contribution in [0.25, 0.3) is 6.08 Å². The molecule has 0 radical (unpaired) electrons. The smallest absolute Gasteiger partial charge is 0.156 e. The molecular weight excluding hydrogens is 200 g/mol. The molecule has 0 spiro atoms. The van der Waals surface area contributed by atoms with Crippen molar-refractivity contribution in [3.63, 3.8) is 0 Å². The first-order valence-electron chi connectivity index (χ1n) is 5.26. The van der Waals surface area contributed by atoms with Crippen LogP contribution in [0, 0.1) is 6.92 Å². The third kappa shape index (κ3) is 3.81. The predicted octanol–water partition coefficient (Wildman–Crippen LogP) is 2.95. The molecule has 0 heterocycles. The highest BCUT2D eigenvalue weighted by Crippen LogP contribution is 2.12. The molecular formula is C14H16O2. The van der Waals surface area contributed by atoms with Gasteiger partial charge in [-0.3, -0.25) is 9.59 Å². The van der Waals surface area contributed by atoms with Crippen molar-refractivity contribution in [1.29, 1.82) is 0 Å². The van der Waals surface area contributed by atoms with Gasteiger partial charge in [0.2, 0.25) is 0 Å². The summed E-state index contributed by atoms with van der Waals surface area (Å²) >= 11 is 0. The number of carbonyl (C=O) groups excluding carboxylic acids is 2. The Morgan fingerprint density at radius 1 is 1.25 bits per heavy atom. The molecule has 0 N–H and O–H groups in total. The highest BCUT2D eigenvalue weighted by atomic mass is 16.1. The van der Waals surface area contributed by atoms with Gasteiger partial charge in [-0.1, -0.05) is 29.8 Å². The zero-order chi connectivity index (χ0) is 12.1. The van der Waals surface area contributed by atoms with Crippen LogP contribution in [0.4, 0.5) is 0 Å². The van der Waals surface area contributed by atoms with Crippen molar-refractivity contribution in [2.45, 2.75) is 27.2 Å². The van der Waals surface area contributed by atoms with Gasteiger partial charge in [-0.25, -0.2) is 0 Å². The summed E-state index contributed by atoms with van der Waals surface area (Å²) in [5, 5.41) is 0. The number of carbonyl (C=O) groups is 2. The lowest BCUT2D eigenvalue weighted by Crippen LogP contribution is -2.02. The Morgan fingerprint density at radius 3 is 2.44 bits per heavy atom. The van der Waals surface area contributed by atoms with Gasteiger partial charge in [0.05, 0.1) is 0 Å². The van der Waals surface area contributed by atoms with E-state index in [-0.39, 0.29) is 18.0 Å². The number of hydrogen-bond donors (Lipinski definition) is 0. The van der Waals surface area contributed by atoms with Crippen molar-refractivity contribution in [1.82, 2.24) is 0 Å². The topological polar surface area (TPSA) is 34.1 Å². The number of aryl methyl sites for hydroxylation is 1. The van der Waals surface area contributed by atoms with Gasteiger partial charge in [0.15, 0.2) is 5.78 Å². The average molecular weight is 216 g/mol. The lowest BCUT2D eigenvalue weighted by atomic mass is 10.0. The Labute approximate surface area is 96.0 Å². The maximum Gasteiger partial charge on any atom is 0.156 e. The van der Waals surface area contributed by atoms with Crippen LogP contribution >= 0.6 is 0 Å². The molecule has 0 aliphatic heterocycles. The molecule has 0 atom stereocenters. The minimum Gasteiger partial charge on any atom is -0.300 e. The fraction of sp³-hybridized carbons (Fsp3) is 0.286. The molecule has 0 aromatic heterocycles. The van der Waals surface area contributed by atoms with Gasteiger partial charge in [-0.2, -0.15) is 0 Å². The minimum absolute atomic E-state index is 0.00843. The average Bonchev–Trinajstić information content (AvgIpc) is 2.15. The van der Waals surface area contributed by atoms with Crippen molar-refractivity contribution in [2.24, 2.45) is 0 Å². The molecule has 0 saturated heterocycles. The molecule has 1 aromatic carbocycles. The molecule has 0 bridgehead atoms. The molecule has 0 amide bonds. The van der Waals surface area contributed by atoms with Crippen molar-refractivity contribution in [2.75, 3.05) is 0 Å². The summed E-state index contributed by atoms with van der Waals surface area (Å²) in [5.41, 5.74) is 2.67. The Hall–Kier alpha value is -1.70. The first-order valence-corrected chi connectivity index (χ1v) is 5.26. The third-order valence-corrected chi connectivity index (χ3v) is 2.27. The van der Waals surface area contributed by atoms with Crippen molar-refractivity contribution >= 4 is 17.6 Å². The summed E-state index contributed by atoms with van der Waals surface area (Å²) in [5.74, 6) is -0.0363. The fourth-order valence-corrected chi connectivity index (χ4v) is 1.51. The zero-order valence-electron chi connectivity index (χ0n) is 9.91. The summed E-state index contributed by atoms with van der Waals surface area (Å²) < 4.78 is 0.